The molecule has 1 aliphatic heterocycles. The lowest BCUT2D eigenvalue weighted by atomic mass is 9.99. The first kappa shape index (κ1) is 38.4. The fourth-order valence-electron chi connectivity index (χ4n) is 5.37. The second-order valence-corrected chi connectivity index (χ2v) is 14.2. The molecule has 51 heavy (non-hydrogen) atoms. The summed E-state index contributed by atoms with van der Waals surface area (Å²) < 4.78 is 16.4. The lowest BCUT2D eigenvalue weighted by Gasteiger charge is -2.37. The van der Waals surface area contributed by atoms with Crippen LogP contribution in [0.15, 0.2) is 78.9 Å². The molecule has 12 nitrogen and oxygen atoms in total. The molecule has 1 fully saturated rings. The number of piperazine rings is 1. The van der Waals surface area contributed by atoms with Crippen molar-refractivity contribution >= 4 is 41.2 Å². The van der Waals surface area contributed by atoms with E-state index in [1.807, 2.05) is 43.9 Å². The number of rotatable bonds is 11. The first-order valence-electron chi connectivity index (χ1n) is 17.1. The van der Waals surface area contributed by atoms with Gasteiger partial charge in [-0.25, -0.2) is 9.59 Å². The van der Waals surface area contributed by atoms with Crippen LogP contribution in [-0.4, -0.2) is 78.2 Å². The van der Waals surface area contributed by atoms with Crippen LogP contribution in [0.2, 0.25) is 0 Å². The van der Waals surface area contributed by atoms with Gasteiger partial charge >= 0.3 is 18.2 Å². The van der Waals surface area contributed by atoms with Gasteiger partial charge in [0.2, 0.25) is 5.91 Å². The predicted octanol–water partition coefficient (Wildman–Crippen LogP) is 6.33. The number of alkyl carbamates (subject to hydrolysis) is 1. The number of nitrogens with zero attached hydrogens (tertiary/aromatic N) is 2. The zero-order chi connectivity index (χ0) is 37.2. The van der Waals surface area contributed by atoms with Crippen molar-refractivity contribution in [2.45, 2.75) is 78.2 Å². The third kappa shape index (κ3) is 11.9. The lowest BCUT2D eigenvalue weighted by molar-refractivity contribution is -0.155. The molecule has 12 heteroatoms. The van der Waals surface area contributed by atoms with Crippen LogP contribution >= 0.6 is 0 Å². The van der Waals surface area contributed by atoms with Crippen molar-refractivity contribution in [3.63, 3.8) is 0 Å². The predicted molar refractivity (Wildman–Crippen MR) is 194 cm³/mol. The summed E-state index contributed by atoms with van der Waals surface area (Å²) in [5, 5.41) is 5.52. The summed E-state index contributed by atoms with van der Waals surface area (Å²) in [4.78, 5) is 70.0. The van der Waals surface area contributed by atoms with E-state index in [0.29, 0.717) is 37.4 Å². The van der Waals surface area contributed by atoms with E-state index in [0.717, 1.165) is 5.56 Å². The average Bonchev–Trinajstić information content (AvgIpc) is 3.08. The monoisotopic (exact) mass is 700 g/mol. The molecular weight excluding hydrogens is 652 g/mol. The van der Waals surface area contributed by atoms with Crippen LogP contribution in [0.4, 0.5) is 21.0 Å². The Morgan fingerprint density at radius 3 is 1.96 bits per heavy atom. The number of esters is 1. The van der Waals surface area contributed by atoms with Gasteiger partial charge in [0, 0.05) is 43.7 Å². The molecule has 0 saturated carbocycles. The zero-order valence-corrected chi connectivity index (χ0v) is 30.2. The number of nitrogens with one attached hydrogen (secondary N) is 2. The smallest absolute Gasteiger partial charge is 0.410 e. The molecule has 3 aromatic rings. The Kier molecular flexibility index (Phi) is 12.8. The molecule has 3 aromatic carbocycles. The summed E-state index contributed by atoms with van der Waals surface area (Å²) in [6.45, 7) is 12.1. The molecule has 0 spiro atoms. The van der Waals surface area contributed by atoms with Gasteiger partial charge in [-0.05, 0) is 65.7 Å². The van der Waals surface area contributed by atoms with E-state index in [-0.39, 0.29) is 36.5 Å². The van der Waals surface area contributed by atoms with Crippen LogP contribution < -0.4 is 15.5 Å². The van der Waals surface area contributed by atoms with Crippen LogP contribution in [0.3, 0.4) is 0 Å². The number of hydrogen-bond donors (Lipinski definition) is 2. The number of hydrogen-bond acceptors (Lipinski definition) is 9. The second-order valence-electron chi connectivity index (χ2n) is 14.2. The molecule has 0 aliphatic carbocycles. The van der Waals surface area contributed by atoms with E-state index in [2.05, 4.69) is 10.6 Å². The Labute approximate surface area is 299 Å². The molecule has 4 rings (SSSR count). The van der Waals surface area contributed by atoms with Gasteiger partial charge in [-0.2, -0.15) is 0 Å². The Bertz CT molecular complexity index is 1670. The van der Waals surface area contributed by atoms with Gasteiger partial charge in [0.1, 0.15) is 23.9 Å². The first-order valence-corrected chi connectivity index (χ1v) is 17.1. The molecule has 3 amide bonds. The molecular formula is C39H48N4O8. The van der Waals surface area contributed by atoms with Gasteiger partial charge < -0.3 is 34.6 Å². The van der Waals surface area contributed by atoms with Gasteiger partial charge in [0.15, 0.2) is 5.78 Å². The van der Waals surface area contributed by atoms with Gasteiger partial charge in [0.05, 0.1) is 11.4 Å². The fraction of sp³-hybridized carbons (Fsp3) is 0.410. The average molecular weight is 701 g/mol. The molecule has 0 radical (unpaired) electrons. The first-order chi connectivity index (χ1) is 24.1. The Balaban J connectivity index is 1.61. The van der Waals surface area contributed by atoms with Gasteiger partial charge in [-0.1, -0.05) is 66.7 Å². The van der Waals surface area contributed by atoms with Crippen molar-refractivity contribution in [1.29, 1.82) is 0 Å². The Morgan fingerprint density at radius 1 is 0.745 bits per heavy atom. The minimum atomic E-state index is -1.22. The summed E-state index contributed by atoms with van der Waals surface area (Å²) in [6.07, 6.45) is -1.53. The van der Waals surface area contributed by atoms with Gasteiger partial charge in [0.25, 0.3) is 0 Å². The highest BCUT2D eigenvalue weighted by molar-refractivity contribution is 6.16. The third-order valence-electron chi connectivity index (χ3n) is 7.72. The van der Waals surface area contributed by atoms with Crippen LogP contribution in [0.5, 0.6) is 0 Å². The SMILES string of the molecule is CC(C)(C)OC(=O)CC[C@@H](NC(=O)OCc1ccccc1)C(=O)Nc1c(C(=O)c2ccccc2)cccc1N1CCN(C(=O)OC(C)(C)C)CC1. The molecule has 1 saturated heterocycles. The lowest BCUT2D eigenvalue weighted by Crippen LogP contribution is -2.50. The van der Waals surface area contributed by atoms with Gasteiger partial charge in [-0.15, -0.1) is 0 Å². The highest BCUT2D eigenvalue weighted by Gasteiger charge is 2.31. The highest BCUT2D eigenvalue weighted by atomic mass is 16.6. The summed E-state index contributed by atoms with van der Waals surface area (Å²) >= 11 is 0. The number of carbonyl (C=O) groups is 5. The number of carbonyl (C=O) groups excluding carboxylic acids is 5. The normalized spacial score (nSPS) is 13.8. The van der Waals surface area contributed by atoms with Crippen molar-refractivity contribution in [2.24, 2.45) is 0 Å². The van der Waals surface area contributed by atoms with Crippen LogP contribution in [0.25, 0.3) is 0 Å². The molecule has 1 aliphatic rings. The minimum absolute atomic E-state index is 0.0269. The van der Waals surface area contributed by atoms with Crippen molar-refractivity contribution < 1.29 is 38.2 Å². The molecule has 1 atom stereocenters. The molecule has 0 aromatic heterocycles. The fourth-order valence-corrected chi connectivity index (χ4v) is 5.37. The van der Waals surface area contributed by atoms with Crippen molar-refractivity contribution in [1.82, 2.24) is 10.2 Å². The second kappa shape index (κ2) is 17.0. The van der Waals surface area contributed by atoms with Crippen molar-refractivity contribution in [3.05, 3.63) is 95.6 Å². The number of anilines is 2. The maximum absolute atomic E-state index is 14.1. The highest BCUT2D eigenvalue weighted by Crippen LogP contribution is 2.33. The summed E-state index contributed by atoms with van der Waals surface area (Å²) in [5.74, 6) is -1.51. The number of para-hydroxylation sites is 1. The zero-order valence-electron chi connectivity index (χ0n) is 30.2. The number of ether oxygens (including phenoxy) is 3. The number of ketones is 1. The summed E-state index contributed by atoms with van der Waals surface area (Å²) in [6, 6.07) is 21.7. The minimum Gasteiger partial charge on any atom is -0.460 e. The maximum Gasteiger partial charge on any atom is 0.410 e. The van der Waals surface area contributed by atoms with Crippen molar-refractivity contribution in [2.75, 3.05) is 36.4 Å². The molecule has 272 valence electrons. The van der Waals surface area contributed by atoms with E-state index in [1.54, 1.807) is 86.3 Å². The Hall–Kier alpha value is -5.39. The number of benzene rings is 3. The van der Waals surface area contributed by atoms with Crippen LogP contribution in [0, 0.1) is 0 Å². The molecule has 0 unspecified atom stereocenters. The van der Waals surface area contributed by atoms with Crippen LogP contribution in [0.1, 0.15) is 75.9 Å². The summed E-state index contributed by atoms with van der Waals surface area (Å²) in [7, 11) is 0. The largest absolute Gasteiger partial charge is 0.460 e. The van der Waals surface area contributed by atoms with E-state index in [9.17, 15) is 24.0 Å². The maximum atomic E-state index is 14.1. The Morgan fingerprint density at radius 2 is 1.35 bits per heavy atom. The topological polar surface area (TPSA) is 144 Å². The molecule has 0 bridgehead atoms. The standard InChI is InChI=1S/C39H48N4O8/c1-38(2,3)50-32(44)21-20-30(40-36(47)49-26-27-14-9-7-10-15-27)35(46)41-33-29(34(45)28-16-11-8-12-17-28)18-13-19-31(33)42-22-24-43(25-23-42)37(48)51-39(4,5)6/h7-19,30H,20-26H2,1-6H3,(H,40,47)(H,41,46)/t30-/m1/s1. The summed E-state index contributed by atoms with van der Waals surface area (Å²) in [5.41, 5.74) is 0.834. The van der Waals surface area contributed by atoms with E-state index >= 15 is 0 Å². The quantitative estimate of drug-likeness (QED) is 0.133. The molecule has 1 heterocycles. The third-order valence-corrected chi connectivity index (χ3v) is 7.72. The molecule has 2 N–H and O–H groups in total. The van der Waals surface area contributed by atoms with Crippen LogP contribution in [-0.2, 0) is 30.4 Å². The van der Waals surface area contributed by atoms with Gasteiger partial charge in [-0.3, -0.25) is 14.4 Å². The van der Waals surface area contributed by atoms with E-state index in [1.165, 1.54) is 0 Å². The van der Waals surface area contributed by atoms with E-state index < -0.39 is 41.3 Å². The van der Waals surface area contributed by atoms with Crippen molar-refractivity contribution in [3.8, 4) is 0 Å². The van der Waals surface area contributed by atoms with E-state index in [4.69, 9.17) is 14.2 Å². The number of amides is 3.